The number of rotatable bonds is 5. The molecule has 1 atom stereocenters. The number of allylic oxidation sites excluding steroid dienone is 1. The molecule has 0 saturated carbocycles. The SMILES string of the molecule is COc1ccc([C@H]2C3=C(CC(C)(C)CC3=O)Nc3ccccc3N2C(=O)C(C)C)c(OC)c1OC. The maximum Gasteiger partial charge on any atom is 0.230 e. The summed E-state index contributed by atoms with van der Waals surface area (Å²) >= 11 is 0. The van der Waals surface area contributed by atoms with Crippen molar-refractivity contribution >= 4 is 23.1 Å². The van der Waals surface area contributed by atoms with Crippen molar-refractivity contribution < 1.29 is 23.8 Å². The van der Waals surface area contributed by atoms with E-state index in [1.165, 1.54) is 0 Å². The molecule has 1 heterocycles. The van der Waals surface area contributed by atoms with Gasteiger partial charge in [-0.1, -0.05) is 39.8 Å². The quantitative estimate of drug-likeness (QED) is 0.611. The first-order valence-electron chi connectivity index (χ1n) is 11.9. The number of carbonyl (C=O) groups is 2. The number of hydrogen-bond acceptors (Lipinski definition) is 6. The van der Waals surface area contributed by atoms with Crippen LogP contribution in [-0.4, -0.2) is 33.0 Å². The zero-order chi connectivity index (χ0) is 25.5. The first-order valence-corrected chi connectivity index (χ1v) is 11.9. The Bertz CT molecular complexity index is 1200. The van der Waals surface area contributed by atoms with Gasteiger partial charge < -0.3 is 19.5 Å². The fourth-order valence-electron chi connectivity index (χ4n) is 5.14. The lowest BCUT2D eigenvalue weighted by molar-refractivity contribution is -0.122. The Kier molecular flexibility index (Phi) is 6.54. The van der Waals surface area contributed by atoms with Crippen molar-refractivity contribution in [3.8, 4) is 17.2 Å². The molecule has 1 N–H and O–H groups in total. The van der Waals surface area contributed by atoms with Crippen LogP contribution in [0.3, 0.4) is 0 Å². The largest absolute Gasteiger partial charge is 0.493 e. The predicted molar refractivity (Wildman–Crippen MR) is 136 cm³/mol. The van der Waals surface area contributed by atoms with Crippen molar-refractivity contribution in [1.29, 1.82) is 0 Å². The molecule has 0 saturated heterocycles. The number of ether oxygens (including phenoxy) is 3. The van der Waals surface area contributed by atoms with Crippen LogP contribution in [0.1, 0.15) is 52.1 Å². The van der Waals surface area contributed by atoms with E-state index >= 15 is 0 Å². The summed E-state index contributed by atoms with van der Waals surface area (Å²) < 4.78 is 17.0. The zero-order valence-electron chi connectivity index (χ0n) is 21.5. The first kappa shape index (κ1) is 24.6. The molecule has 2 aromatic rings. The number of nitrogens with zero attached hydrogens (tertiary/aromatic N) is 1. The normalized spacial score (nSPS) is 18.9. The molecule has 0 spiro atoms. The second kappa shape index (κ2) is 9.29. The molecule has 0 radical (unpaired) electrons. The smallest absolute Gasteiger partial charge is 0.230 e. The van der Waals surface area contributed by atoms with Gasteiger partial charge in [0.15, 0.2) is 17.3 Å². The number of carbonyl (C=O) groups excluding carboxylic acids is 2. The number of fused-ring (bicyclic) bond motifs is 1. The second-order valence-corrected chi connectivity index (χ2v) is 10.2. The van der Waals surface area contributed by atoms with Gasteiger partial charge in [0.05, 0.1) is 38.7 Å². The number of amides is 1. The van der Waals surface area contributed by atoms with E-state index in [1.54, 1.807) is 32.3 Å². The minimum atomic E-state index is -0.700. The first-order chi connectivity index (χ1) is 16.6. The molecule has 7 heteroatoms. The highest BCUT2D eigenvalue weighted by molar-refractivity contribution is 6.07. The van der Waals surface area contributed by atoms with E-state index in [1.807, 2.05) is 44.2 Å². The molecule has 0 bridgehead atoms. The van der Waals surface area contributed by atoms with Gasteiger partial charge in [0.25, 0.3) is 0 Å². The van der Waals surface area contributed by atoms with Gasteiger partial charge in [-0.3, -0.25) is 14.5 Å². The third-order valence-corrected chi connectivity index (χ3v) is 6.66. The zero-order valence-corrected chi connectivity index (χ0v) is 21.5. The number of para-hydroxylation sites is 2. The molecular formula is C28H34N2O5. The summed E-state index contributed by atoms with van der Waals surface area (Å²) in [5, 5.41) is 3.53. The van der Waals surface area contributed by atoms with E-state index in [9.17, 15) is 9.59 Å². The monoisotopic (exact) mass is 478 g/mol. The standard InChI is InChI=1S/C28H34N2O5/c1-16(2)27(32)30-20-11-9-8-10-18(20)29-19-14-28(3,4)15-21(31)23(19)24(30)17-12-13-22(33-5)26(35-7)25(17)34-6/h8-13,16,24,29H,14-15H2,1-7H3/t24-/m0/s1. The van der Waals surface area contributed by atoms with Crippen LogP contribution < -0.4 is 24.4 Å². The average molecular weight is 479 g/mol. The Morgan fingerprint density at radius 1 is 1.00 bits per heavy atom. The lowest BCUT2D eigenvalue weighted by Crippen LogP contribution is -2.41. The van der Waals surface area contributed by atoms with Crippen molar-refractivity contribution in [2.24, 2.45) is 11.3 Å². The lowest BCUT2D eigenvalue weighted by atomic mass is 9.73. The van der Waals surface area contributed by atoms with Crippen LogP contribution in [0.5, 0.6) is 17.2 Å². The molecule has 0 unspecified atom stereocenters. The molecule has 4 rings (SSSR count). The number of methoxy groups -OCH3 is 3. The van der Waals surface area contributed by atoms with Crippen molar-refractivity contribution in [2.75, 3.05) is 31.5 Å². The molecule has 1 aliphatic heterocycles. The van der Waals surface area contributed by atoms with E-state index in [4.69, 9.17) is 14.2 Å². The Morgan fingerprint density at radius 2 is 1.69 bits per heavy atom. The molecule has 2 aliphatic rings. The average Bonchev–Trinajstić information content (AvgIpc) is 2.95. The van der Waals surface area contributed by atoms with Crippen molar-refractivity contribution in [3.05, 3.63) is 53.2 Å². The van der Waals surface area contributed by atoms with Gasteiger partial charge in [0.2, 0.25) is 11.7 Å². The Labute approximate surface area is 207 Å². The Morgan fingerprint density at radius 3 is 2.31 bits per heavy atom. The van der Waals surface area contributed by atoms with Gasteiger partial charge in [0, 0.05) is 29.2 Å². The molecule has 1 aliphatic carbocycles. The molecular weight excluding hydrogens is 444 g/mol. The topological polar surface area (TPSA) is 77.1 Å². The van der Waals surface area contributed by atoms with Crippen LogP contribution >= 0.6 is 0 Å². The van der Waals surface area contributed by atoms with Crippen LogP contribution in [0.25, 0.3) is 0 Å². The van der Waals surface area contributed by atoms with Crippen LogP contribution in [0, 0.1) is 11.3 Å². The van der Waals surface area contributed by atoms with Gasteiger partial charge in [-0.05, 0) is 36.1 Å². The number of Topliss-reactive ketones (excluding diaryl/α,β-unsaturated/α-hetero) is 1. The van der Waals surface area contributed by atoms with Crippen LogP contribution in [0.15, 0.2) is 47.7 Å². The minimum absolute atomic E-state index is 0.0138. The Balaban J connectivity index is 2.10. The van der Waals surface area contributed by atoms with E-state index in [0.717, 1.165) is 11.4 Å². The van der Waals surface area contributed by atoms with Gasteiger partial charge in [-0.15, -0.1) is 0 Å². The van der Waals surface area contributed by atoms with Crippen molar-refractivity contribution in [3.63, 3.8) is 0 Å². The maximum absolute atomic E-state index is 13.9. The van der Waals surface area contributed by atoms with E-state index < -0.39 is 6.04 Å². The summed E-state index contributed by atoms with van der Waals surface area (Å²) in [6.45, 7) is 7.92. The minimum Gasteiger partial charge on any atom is -0.493 e. The van der Waals surface area contributed by atoms with Gasteiger partial charge in [0.1, 0.15) is 0 Å². The second-order valence-electron chi connectivity index (χ2n) is 10.2. The third kappa shape index (κ3) is 4.24. The summed E-state index contributed by atoms with van der Waals surface area (Å²) in [5.74, 6) is 0.983. The summed E-state index contributed by atoms with van der Waals surface area (Å²) in [6, 6.07) is 10.6. The van der Waals surface area contributed by atoms with E-state index in [-0.39, 0.29) is 23.0 Å². The summed E-state index contributed by atoms with van der Waals surface area (Å²) in [7, 11) is 4.66. The third-order valence-electron chi connectivity index (χ3n) is 6.66. The number of nitrogens with one attached hydrogen (secondary N) is 1. The Hall–Kier alpha value is -3.48. The van der Waals surface area contributed by atoms with Crippen LogP contribution in [0.4, 0.5) is 11.4 Å². The lowest BCUT2D eigenvalue weighted by Gasteiger charge is -2.38. The molecule has 0 aromatic heterocycles. The summed E-state index contributed by atoms with van der Waals surface area (Å²) in [6.07, 6.45) is 1.07. The van der Waals surface area contributed by atoms with Crippen molar-refractivity contribution in [1.82, 2.24) is 0 Å². The highest BCUT2D eigenvalue weighted by Crippen LogP contribution is 2.52. The number of benzene rings is 2. The predicted octanol–water partition coefficient (Wildman–Crippen LogP) is 5.51. The number of ketones is 1. The molecule has 35 heavy (non-hydrogen) atoms. The van der Waals surface area contributed by atoms with Gasteiger partial charge in [-0.2, -0.15) is 0 Å². The molecule has 0 fully saturated rings. The van der Waals surface area contributed by atoms with Crippen molar-refractivity contribution in [2.45, 2.75) is 46.6 Å². The highest BCUT2D eigenvalue weighted by atomic mass is 16.5. The molecule has 186 valence electrons. The molecule has 7 nitrogen and oxygen atoms in total. The van der Waals surface area contributed by atoms with Gasteiger partial charge in [-0.25, -0.2) is 0 Å². The fraction of sp³-hybridized carbons (Fsp3) is 0.429. The fourth-order valence-corrected chi connectivity index (χ4v) is 5.14. The summed E-state index contributed by atoms with van der Waals surface area (Å²) in [5.41, 5.74) is 3.38. The van der Waals surface area contributed by atoms with Crippen LogP contribution in [0.2, 0.25) is 0 Å². The summed E-state index contributed by atoms with van der Waals surface area (Å²) in [4.78, 5) is 29.4. The number of hydrogen-bond donors (Lipinski definition) is 1. The van der Waals surface area contributed by atoms with Gasteiger partial charge >= 0.3 is 0 Å². The van der Waals surface area contributed by atoms with E-state index in [0.29, 0.717) is 46.9 Å². The van der Waals surface area contributed by atoms with E-state index in [2.05, 4.69) is 19.2 Å². The molecule has 1 amide bonds. The highest BCUT2D eigenvalue weighted by Gasteiger charge is 2.45. The molecule has 2 aromatic carbocycles. The maximum atomic E-state index is 13.9. The van der Waals surface area contributed by atoms with Crippen LogP contribution in [-0.2, 0) is 9.59 Å². The number of anilines is 2.